The van der Waals surface area contributed by atoms with Crippen molar-refractivity contribution in [1.82, 2.24) is 15.1 Å². The van der Waals surface area contributed by atoms with Crippen LogP contribution in [0.1, 0.15) is 74.9 Å². The van der Waals surface area contributed by atoms with Crippen LogP contribution < -0.4 is 10.1 Å². The van der Waals surface area contributed by atoms with E-state index in [2.05, 4.69) is 24.1 Å². The van der Waals surface area contributed by atoms with Gasteiger partial charge in [-0.1, -0.05) is 39.5 Å². The lowest BCUT2D eigenvalue weighted by molar-refractivity contribution is -0.128. The molecular formula is C32H42FN5O3S. The van der Waals surface area contributed by atoms with Crippen LogP contribution in [0.5, 0.6) is 11.5 Å². The summed E-state index contributed by atoms with van der Waals surface area (Å²) in [6, 6.07) is 9.62. The summed E-state index contributed by atoms with van der Waals surface area (Å²) in [5.41, 5.74) is 1.05. The Balaban J connectivity index is 1.52. The third-order valence-electron chi connectivity index (χ3n) is 7.55. The highest BCUT2D eigenvalue weighted by Gasteiger charge is 2.26. The zero-order valence-electron chi connectivity index (χ0n) is 25.0. The van der Waals surface area contributed by atoms with Gasteiger partial charge >= 0.3 is 0 Å². The van der Waals surface area contributed by atoms with Gasteiger partial charge in [-0.2, -0.15) is 0 Å². The van der Waals surface area contributed by atoms with Crippen LogP contribution in [-0.2, 0) is 11.3 Å². The van der Waals surface area contributed by atoms with Crippen molar-refractivity contribution < 1.29 is 18.7 Å². The molecule has 42 heavy (non-hydrogen) atoms. The predicted octanol–water partition coefficient (Wildman–Crippen LogP) is 6.28. The number of ether oxygens (including phenoxy) is 1. The Bertz CT molecular complexity index is 1310. The molecule has 0 saturated carbocycles. The van der Waals surface area contributed by atoms with Gasteiger partial charge in [-0.15, -0.1) is 0 Å². The van der Waals surface area contributed by atoms with Crippen molar-refractivity contribution in [2.45, 2.75) is 66.0 Å². The number of likely N-dealkylation sites (tertiary alicyclic amines) is 2. The lowest BCUT2D eigenvalue weighted by Gasteiger charge is -2.33. The van der Waals surface area contributed by atoms with Crippen molar-refractivity contribution in [3.8, 4) is 11.5 Å². The summed E-state index contributed by atoms with van der Waals surface area (Å²) in [6.07, 6.45) is 2.85. The lowest BCUT2D eigenvalue weighted by Crippen LogP contribution is -2.45. The topological polar surface area (TPSA) is 110 Å². The molecule has 0 bridgehead atoms. The second kappa shape index (κ2) is 14.3. The van der Waals surface area contributed by atoms with E-state index in [-0.39, 0.29) is 35.0 Å². The van der Waals surface area contributed by atoms with Gasteiger partial charge in [-0.25, -0.2) is 4.39 Å². The highest BCUT2D eigenvalue weighted by molar-refractivity contribution is 8.26. The van der Waals surface area contributed by atoms with E-state index in [1.807, 2.05) is 13.8 Å². The maximum absolute atomic E-state index is 15.4. The zero-order valence-corrected chi connectivity index (χ0v) is 25.8. The monoisotopic (exact) mass is 595 g/mol. The molecule has 2 aliphatic heterocycles. The van der Waals surface area contributed by atoms with Crippen molar-refractivity contribution in [3.63, 3.8) is 0 Å². The Kier molecular flexibility index (Phi) is 10.8. The molecule has 2 aliphatic rings. The first kappa shape index (κ1) is 31.7. The molecule has 2 fully saturated rings. The third kappa shape index (κ3) is 8.41. The first-order valence-electron chi connectivity index (χ1n) is 14.8. The number of nitrogens with one attached hydrogen (secondary N) is 3. The van der Waals surface area contributed by atoms with E-state index < -0.39 is 11.7 Å². The molecule has 2 amide bonds. The average molecular weight is 596 g/mol. The van der Waals surface area contributed by atoms with Crippen LogP contribution in [0.4, 0.5) is 4.39 Å². The number of carbonyl (C=O) groups is 2. The largest absolute Gasteiger partial charge is 0.457 e. The zero-order chi connectivity index (χ0) is 30.4. The number of carbonyl (C=O) groups excluding carboxylic acids is 2. The Morgan fingerprint density at radius 2 is 1.79 bits per heavy atom. The first-order chi connectivity index (χ1) is 20.0. The summed E-state index contributed by atoms with van der Waals surface area (Å²) in [6.45, 7) is 11.8. The number of nitrogens with zero attached hydrogens (tertiary/aromatic N) is 2. The van der Waals surface area contributed by atoms with Crippen LogP contribution in [0.2, 0.25) is 0 Å². The second-order valence-corrected chi connectivity index (χ2v) is 12.9. The predicted molar refractivity (Wildman–Crippen MR) is 166 cm³/mol. The number of hydrogen-bond acceptors (Lipinski definition) is 7. The van der Waals surface area contributed by atoms with Crippen molar-refractivity contribution in [3.05, 3.63) is 58.9 Å². The van der Waals surface area contributed by atoms with E-state index in [1.54, 1.807) is 29.2 Å². The molecule has 10 heteroatoms. The minimum Gasteiger partial charge on any atom is -0.457 e. The van der Waals surface area contributed by atoms with Crippen molar-refractivity contribution >= 4 is 33.7 Å². The molecule has 4 rings (SSSR count). The van der Waals surface area contributed by atoms with Crippen molar-refractivity contribution in [2.24, 2.45) is 11.8 Å². The molecule has 226 valence electrons. The number of halogens is 1. The van der Waals surface area contributed by atoms with Gasteiger partial charge in [0.1, 0.15) is 22.4 Å². The van der Waals surface area contributed by atoms with Gasteiger partial charge in [0.15, 0.2) is 0 Å². The fourth-order valence-electron chi connectivity index (χ4n) is 5.19. The maximum Gasteiger partial charge on any atom is 0.254 e. The summed E-state index contributed by atoms with van der Waals surface area (Å²) < 4.78 is 21.6. The van der Waals surface area contributed by atoms with E-state index in [0.29, 0.717) is 46.6 Å². The van der Waals surface area contributed by atoms with E-state index in [1.165, 1.54) is 12.1 Å². The number of rotatable bonds is 10. The fraction of sp³-hybridized carbons (Fsp3) is 0.500. The molecule has 0 aromatic heterocycles. The van der Waals surface area contributed by atoms with Gasteiger partial charge in [0.25, 0.3) is 5.91 Å². The van der Waals surface area contributed by atoms with Crippen LogP contribution in [0, 0.1) is 28.5 Å². The number of thioether (sulfide) groups is 1. The molecule has 3 N–H and O–H groups in total. The third-order valence-corrected chi connectivity index (χ3v) is 8.69. The van der Waals surface area contributed by atoms with E-state index in [4.69, 9.17) is 15.6 Å². The fourth-order valence-corrected chi connectivity index (χ4v) is 5.90. The summed E-state index contributed by atoms with van der Waals surface area (Å²) in [5.74, 6) is 0.288. The Labute approximate surface area is 252 Å². The lowest BCUT2D eigenvalue weighted by atomic mass is 10.0. The standard InChI is InChI=1S/C32H42FN5O3S/c1-20(2)18-37-14-11-24(12-15-37)36-32(40)26-17-28(23(16-27(26)33)19-38-13-5-6-29(38)39)41-25-9-7-22(8-10-25)31(35)42-30(34)21(3)4/h7-10,16-17,20-21,24,34-35H,5-6,11-15,18-19H2,1-4H3,(H,36,40). The highest BCUT2D eigenvalue weighted by Crippen LogP contribution is 2.31. The van der Waals surface area contributed by atoms with Crippen LogP contribution in [-0.4, -0.2) is 63.9 Å². The quantitative estimate of drug-likeness (QED) is 0.221. The molecule has 2 aromatic rings. The number of amides is 2. The molecular weight excluding hydrogens is 553 g/mol. The number of hydrogen-bond donors (Lipinski definition) is 3. The molecule has 2 saturated heterocycles. The van der Waals surface area contributed by atoms with Gasteiger partial charge in [0.05, 0.1) is 10.6 Å². The van der Waals surface area contributed by atoms with E-state index in [0.717, 1.165) is 50.7 Å². The van der Waals surface area contributed by atoms with E-state index >= 15 is 4.39 Å². The molecule has 0 radical (unpaired) electrons. The molecule has 0 atom stereocenters. The minimum absolute atomic E-state index is 0.0133. The SMILES string of the molecule is CC(C)CN1CCC(NC(=O)c2cc(Oc3ccc(C(=N)SC(=N)C(C)C)cc3)c(CN3CCCC3=O)cc2F)CC1. The summed E-state index contributed by atoms with van der Waals surface area (Å²) >= 11 is 1.11. The normalized spacial score (nSPS) is 16.4. The van der Waals surface area contributed by atoms with E-state index in [9.17, 15) is 9.59 Å². The molecule has 0 unspecified atom stereocenters. The molecule has 8 nitrogen and oxygen atoms in total. The minimum atomic E-state index is -0.646. The van der Waals surface area contributed by atoms with Crippen LogP contribution in [0.3, 0.4) is 0 Å². The number of piperidine rings is 1. The van der Waals surface area contributed by atoms with Crippen LogP contribution in [0.25, 0.3) is 0 Å². The summed E-state index contributed by atoms with van der Waals surface area (Å²) in [4.78, 5) is 29.6. The first-order valence-corrected chi connectivity index (χ1v) is 15.6. The average Bonchev–Trinajstić information content (AvgIpc) is 3.35. The smallest absolute Gasteiger partial charge is 0.254 e. The van der Waals surface area contributed by atoms with Crippen molar-refractivity contribution in [1.29, 1.82) is 10.8 Å². The summed E-state index contributed by atoms with van der Waals surface area (Å²) in [7, 11) is 0. The van der Waals surface area contributed by atoms with Gasteiger partial charge in [0, 0.05) is 62.2 Å². The molecule has 0 spiro atoms. The Morgan fingerprint density at radius 3 is 2.38 bits per heavy atom. The summed E-state index contributed by atoms with van der Waals surface area (Å²) in [5, 5.41) is 20.1. The highest BCUT2D eigenvalue weighted by atomic mass is 32.2. The van der Waals surface area contributed by atoms with Gasteiger partial charge in [0.2, 0.25) is 5.91 Å². The molecule has 0 aliphatic carbocycles. The van der Waals surface area contributed by atoms with Crippen LogP contribution in [0.15, 0.2) is 36.4 Å². The second-order valence-electron chi connectivity index (χ2n) is 11.9. The van der Waals surface area contributed by atoms with Gasteiger partial charge < -0.3 is 19.9 Å². The van der Waals surface area contributed by atoms with Gasteiger partial charge in [-0.3, -0.25) is 20.4 Å². The van der Waals surface area contributed by atoms with Crippen LogP contribution >= 0.6 is 11.8 Å². The Hall–Kier alpha value is -3.24. The number of benzene rings is 2. The maximum atomic E-state index is 15.4. The van der Waals surface area contributed by atoms with Crippen molar-refractivity contribution in [2.75, 3.05) is 26.2 Å². The molecule has 2 heterocycles. The Morgan fingerprint density at radius 1 is 1.10 bits per heavy atom. The van der Waals surface area contributed by atoms with Gasteiger partial charge in [-0.05, 0) is 61.6 Å². The molecule has 2 aromatic carbocycles.